The number of rotatable bonds is 4. The van der Waals surface area contributed by atoms with Gasteiger partial charge in [-0.05, 0) is 37.6 Å². The van der Waals surface area contributed by atoms with Crippen LogP contribution in [0, 0.1) is 11.3 Å². The molecule has 106 valence electrons. The highest BCUT2D eigenvalue weighted by Gasteiger charge is 2.39. The molecule has 2 rings (SSSR count). The third-order valence-electron chi connectivity index (χ3n) is 5.02. The number of piperazine rings is 1. The highest BCUT2D eigenvalue weighted by molar-refractivity contribution is 4.98. The van der Waals surface area contributed by atoms with Crippen molar-refractivity contribution >= 4 is 0 Å². The van der Waals surface area contributed by atoms with Crippen molar-refractivity contribution in [1.29, 1.82) is 0 Å². The van der Waals surface area contributed by atoms with Crippen LogP contribution >= 0.6 is 0 Å². The molecule has 1 aliphatic carbocycles. The minimum absolute atomic E-state index is 0.325. The first-order valence-corrected chi connectivity index (χ1v) is 7.83. The van der Waals surface area contributed by atoms with E-state index in [0.29, 0.717) is 17.0 Å². The summed E-state index contributed by atoms with van der Waals surface area (Å²) in [5.74, 6) is 1.05. The lowest BCUT2D eigenvalue weighted by atomic mass is 9.81. The average molecular weight is 252 g/mol. The Balaban J connectivity index is 1.99. The molecule has 1 saturated carbocycles. The van der Waals surface area contributed by atoms with Gasteiger partial charge in [0.15, 0.2) is 0 Å². The lowest BCUT2D eigenvalue weighted by Gasteiger charge is -2.50. The number of nitrogens with one attached hydrogen (secondary N) is 1. The van der Waals surface area contributed by atoms with E-state index in [2.05, 4.69) is 44.8 Å². The third-order valence-corrected chi connectivity index (χ3v) is 5.02. The van der Waals surface area contributed by atoms with Crippen LogP contribution in [0.4, 0.5) is 0 Å². The van der Waals surface area contributed by atoms with Gasteiger partial charge in [-0.15, -0.1) is 0 Å². The van der Waals surface area contributed by atoms with E-state index in [0.717, 1.165) is 12.5 Å². The monoisotopic (exact) mass is 252 g/mol. The van der Waals surface area contributed by atoms with Crippen LogP contribution in [-0.4, -0.2) is 36.1 Å². The van der Waals surface area contributed by atoms with E-state index >= 15 is 0 Å². The van der Waals surface area contributed by atoms with Crippen LogP contribution in [0.5, 0.6) is 0 Å². The Morgan fingerprint density at radius 2 is 1.94 bits per heavy atom. The van der Waals surface area contributed by atoms with Crippen molar-refractivity contribution in [1.82, 2.24) is 10.2 Å². The van der Waals surface area contributed by atoms with Crippen LogP contribution in [0.25, 0.3) is 0 Å². The van der Waals surface area contributed by atoms with Gasteiger partial charge in [0.05, 0.1) is 0 Å². The normalized spacial score (nSPS) is 34.8. The van der Waals surface area contributed by atoms with Crippen LogP contribution in [0.2, 0.25) is 0 Å². The fraction of sp³-hybridized carbons (Fsp3) is 1.00. The Hall–Kier alpha value is -0.0800. The Kier molecular flexibility index (Phi) is 4.08. The van der Waals surface area contributed by atoms with E-state index in [4.69, 9.17) is 0 Å². The minimum Gasteiger partial charge on any atom is -0.309 e. The molecule has 0 spiro atoms. The predicted molar refractivity (Wildman–Crippen MR) is 78.9 cm³/mol. The first-order valence-electron chi connectivity index (χ1n) is 7.83. The Morgan fingerprint density at radius 1 is 1.28 bits per heavy atom. The maximum absolute atomic E-state index is 3.79. The summed E-state index contributed by atoms with van der Waals surface area (Å²) in [6.07, 6.45) is 5.62. The van der Waals surface area contributed by atoms with Gasteiger partial charge >= 0.3 is 0 Å². The topological polar surface area (TPSA) is 15.3 Å². The molecule has 2 aliphatic rings. The molecular weight excluding hydrogens is 220 g/mol. The fourth-order valence-corrected chi connectivity index (χ4v) is 3.17. The predicted octanol–water partition coefficient (Wildman–Crippen LogP) is 3.28. The highest BCUT2D eigenvalue weighted by Crippen LogP contribution is 2.35. The summed E-state index contributed by atoms with van der Waals surface area (Å²) in [5.41, 5.74) is 0.705. The largest absolute Gasteiger partial charge is 0.309 e. The fourth-order valence-electron chi connectivity index (χ4n) is 3.17. The molecule has 2 heteroatoms. The van der Waals surface area contributed by atoms with E-state index in [1.165, 1.54) is 38.8 Å². The van der Waals surface area contributed by atoms with Crippen molar-refractivity contribution in [2.75, 3.05) is 19.6 Å². The van der Waals surface area contributed by atoms with Crippen molar-refractivity contribution in [2.45, 2.75) is 71.9 Å². The zero-order valence-corrected chi connectivity index (χ0v) is 13.1. The molecule has 2 atom stereocenters. The van der Waals surface area contributed by atoms with E-state index in [9.17, 15) is 0 Å². The molecule has 1 saturated heterocycles. The van der Waals surface area contributed by atoms with E-state index in [-0.39, 0.29) is 0 Å². The minimum atomic E-state index is 0.325. The van der Waals surface area contributed by atoms with Gasteiger partial charge in [0.2, 0.25) is 0 Å². The average Bonchev–Trinajstić information content (AvgIpc) is 3.08. The summed E-state index contributed by atoms with van der Waals surface area (Å²) in [7, 11) is 0. The van der Waals surface area contributed by atoms with Gasteiger partial charge in [0, 0.05) is 24.7 Å². The van der Waals surface area contributed by atoms with Crippen molar-refractivity contribution in [3.8, 4) is 0 Å². The van der Waals surface area contributed by atoms with E-state index in [1.807, 2.05) is 0 Å². The molecule has 1 heterocycles. The lowest BCUT2D eigenvalue weighted by Crippen LogP contribution is -2.65. The summed E-state index contributed by atoms with van der Waals surface area (Å²) in [6, 6.07) is 0.691. The SMILES string of the molecule is CCC1(C)CN(CCC2CC2)C(C(C)(C)C)CN1. The molecule has 0 amide bonds. The van der Waals surface area contributed by atoms with Gasteiger partial charge in [-0.1, -0.05) is 40.5 Å². The van der Waals surface area contributed by atoms with Crippen LogP contribution < -0.4 is 5.32 Å². The van der Waals surface area contributed by atoms with Crippen LogP contribution in [0.3, 0.4) is 0 Å². The number of hydrogen-bond donors (Lipinski definition) is 1. The molecule has 1 aliphatic heterocycles. The first kappa shape index (κ1) is 14.3. The maximum Gasteiger partial charge on any atom is 0.0278 e. The smallest absolute Gasteiger partial charge is 0.0278 e. The standard InChI is InChI=1S/C16H32N2/c1-6-16(5)12-18(10-9-13-7-8-13)14(11-17-16)15(2,3)4/h13-14,17H,6-12H2,1-5H3. The Bertz CT molecular complexity index is 277. The van der Waals surface area contributed by atoms with E-state index < -0.39 is 0 Å². The van der Waals surface area contributed by atoms with Crippen molar-refractivity contribution < 1.29 is 0 Å². The third kappa shape index (κ3) is 3.48. The molecule has 2 unspecified atom stereocenters. The van der Waals surface area contributed by atoms with Gasteiger partial charge in [0.25, 0.3) is 0 Å². The molecule has 0 aromatic heterocycles. The summed E-state index contributed by atoms with van der Waals surface area (Å²) in [5, 5.41) is 3.79. The van der Waals surface area contributed by atoms with E-state index in [1.54, 1.807) is 0 Å². The highest BCUT2D eigenvalue weighted by atomic mass is 15.3. The summed E-state index contributed by atoms with van der Waals surface area (Å²) in [6.45, 7) is 15.5. The second-order valence-electron chi connectivity index (χ2n) is 7.88. The zero-order valence-electron chi connectivity index (χ0n) is 13.1. The summed E-state index contributed by atoms with van der Waals surface area (Å²) >= 11 is 0. The number of hydrogen-bond acceptors (Lipinski definition) is 2. The quantitative estimate of drug-likeness (QED) is 0.826. The van der Waals surface area contributed by atoms with Gasteiger partial charge in [0.1, 0.15) is 0 Å². The second-order valence-corrected chi connectivity index (χ2v) is 7.88. The molecular formula is C16H32N2. The molecule has 1 N–H and O–H groups in total. The van der Waals surface area contributed by atoms with Crippen LogP contribution in [0.15, 0.2) is 0 Å². The Labute approximate surface area is 114 Å². The van der Waals surface area contributed by atoms with Crippen molar-refractivity contribution in [2.24, 2.45) is 11.3 Å². The second kappa shape index (κ2) is 5.13. The zero-order chi connectivity index (χ0) is 13.4. The van der Waals surface area contributed by atoms with Gasteiger partial charge in [-0.3, -0.25) is 4.90 Å². The molecule has 2 nitrogen and oxygen atoms in total. The van der Waals surface area contributed by atoms with Gasteiger partial charge in [-0.25, -0.2) is 0 Å². The lowest BCUT2D eigenvalue weighted by molar-refractivity contribution is 0.0247. The first-order chi connectivity index (χ1) is 8.34. The van der Waals surface area contributed by atoms with Crippen molar-refractivity contribution in [3.63, 3.8) is 0 Å². The van der Waals surface area contributed by atoms with Gasteiger partial charge < -0.3 is 5.32 Å². The maximum atomic E-state index is 3.79. The molecule has 0 aromatic carbocycles. The van der Waals surface area contributed by atoms with Crippen molar-refractivity contribution in [3.05, 3.63) is 0 Å². The Morgan fingerprint density at radius 3 is 2.44 bits per heavy atom. The summed E-state index contributed by atoms with van der Waals surface area (Å²) in [4.78, 5) is 2.78. The van der Waals surface area contributed by atoms with Crippen LogP contribution in [-0.2, 0) is 0 Å². The number of nitrogens with zero attached hydrogens (tertiary/aromatic N) is 1. The van der Waals surface area contributed by atoms with Gasteiger partial charge in [-0.2, -0.15) is 0 Å². The molecule has 0 aromatic rings. The molecule has 0 bridgehead atoms. The summed E-state index contributed by atoms with van der Waals surface area (Å²) < 4.78 is 0. The van der Waals surface area contributed by atoms with Crippen LogP contribution in [0.1, 0.15) is 60.3 Å². The molecule has 2 fully saturated rings. The molecule has 18 heavy (non-hydrogen) atoms. The molecule has 0 radical (unpaired) electrons.